The third-order valence-electron chi connectivity index (χ3n) is 8.18. The molecule has 1 saturated heterocycles. The first-order valence-electron chi connectivity index (χ1n) is 14.3. The zero-order valence-electron chi connectivity index (χ0n) is 23.2. The first-order chi connectivity index (χ1) is 19.8. The summed E-state index contributed by atoms with van der Waals surface area (Å²) in [5, 5.41) is 10.5. The highest BCUT2D eigenvalue weighted by Gasteiger charge is 2.33. The Morgan fingerprint density at radius 2 is 1.24 bits per heavy atom. The highest BCUT2D eigenvalue weighted by Crippen LogP contribution is 2.45. The minimum atomic E-state index is -0.591. The molecule has 1 aliphatic carbocycles. The van der Waals surface area contributed by atoms with E-state index >= 15 is 0 Å². The fourth-order valence-corrected chi connectivity index (χ4v) is 7.33. The Bertz CT molecular complexity index is 1510. The summed E-state index contributed by atoms with van der Waals surface area (Å²) < 4.78 is -0.591. The van der Waals surface area contributed by atoms with Crippen LogP contribution in [0.2, 0.25) is 0 Å². The third kappa shape index (κ3) is 6.36. The average Bonchev–Trinajstić information content (AvgIpc) is 3.19. The van der Waals surface area contributed by atoms with Gasteiger partial charge in [0.2, 0.25) is 0 Å². The van der Waals surface area contributed by atoms with Crippen LogP contribution in [0.4, 0.5) is 0 Å². The number of rotatable bonds is 7. The van der Waals surface area contributed by atoms with E-state index in [4.69, 9.17) is 0 Å². The van der Waals surface area contributed by atoms with Gasteiger partial charge < -0.3 is 4.90 Å². The summed E-state index contributed by atoms with van der Waals surface area (Å²) in [5.41, 5.74) is 9.40. The van der Waals surface area contributed by atoms with Gasteiger partial charge in [-0.25, -0.2) is 0 Å². The van der Waals surface area contributed by atoms with E-state index in [9.17, 15) is 5.26 Å². The molecule has 1 heterocycles. The summed E-state index contributed by atoms with van der Waals surface area (Å²) in [4.78, 5) is 3.73. The Morgan fingerprint density at radius 3 is 1.83 bits per heavy atom. The van der Waals surface area contributed by atoms with Crippen molar-refractivity contribution < 1.29 is 0 Å². The fraction of sp³-hybridized carbons (Fsp3) is 0.216. The number of nitriles is 1. The highest BCUT2D eigenvalue weighted by molar-refractivity contribution is 8.00. The fourth-order valence-electron chi connectivity index (χ4n) is 6.09. The Balaban J connectivity index is 0.00000337. The Morgan fingerprint density at radius 1 is 0.707 bits per heavy atom. The van der Waals surface area contributed by atoms with Gasteiger partial charge in [0.25, 0.3) is 0 Å². The number of thioether (sulfide) groups is 1. The number of hydrogen-bond donors (Lipinski definition) is 0. The third-order valence-corrected chi connectivity index (χ3v) is 9.56. The van der Waals surface area contributed by atoms with E-state index in [1.165, 1.54) is 27.8 Å². The van der Waals surface area contributed by atoms with Crippen molar-refractivity contribution >= 4 is 41.9 Å². The highest BCUT2D eigenvalue weighted by atomic mass is 35.5. The van der Waals surface area contributed by atoms with Crippen LogP contribution in [0.15, 0.2) is 120 Å². The zero-order chi connectivity index (χ0) is 27.2. The summed E-state index contributed by atoms with van der Waals surface area (Å²) in [5.74, 6) is 0. The van der Waals surface area contributed by atoms with E-state index in [0.29, 0.717) is 0 Å². The first kappa shape index (κ1) is 29.0. The molecule has 0 spiro atoms. The van der Waals surface area contributed by atoms with Gasteiger partial charge in [-0.3, -0.25) is 0 Å². The molecule has 6 rings (SSSR count). The van der Waals surface area contributed by atoms with Crippen LogP contribution in [0.25, 0.3) is 17.7 Å². The monoisotopic (exact) mass is 574 g/mol. The molecule has 1 fully saturated rings. The second kappa shape index (κ2) is 13.4. The largest absolute Gasteiger partial charge is 0.303 e. The topological polar surface area (TPSA) is 27.0 Å². The molecule has 0 saturated carbocycles. The maximum Gasteiger partial charge on any atom is 0.132 e. The number of piperidine rings is 1. The number of nitrogens with zero attached hydrogens (tertiary/aromatic N) is 2. The maximum absolute atomic E-state index is 10.5. The van der Waals surface area contributed by atoms with Crippen molar-refractivity contribution in [3.8, 4) is 6.07 Å². The molecule has 1 aliphatic heterocycles. The van der Waals surface area contributed by atoms with Crippen LogP contribution in [0.1, 0.15) is 53.5 Å². The standard InChI is InChI=1S/C37H34N2S.ClH/c38-28-37(32-14-3-1-4-15-32,40-33-16-5-2-6-17-33)24-11-25-39-26-22-31(23-27-39)36-34-18-9-7-12-29(34)20-21-30-13-8-10-19-35(30)36;/h1-10,12-21H,11,22-27H2;1H. The molecule has 0 amide bonds. The molecule has 4 aromatic carbocycles. The van der Waals surface area contributed by atoms with E-state index in [1.807, 2.05) is 24.3 Å². The normalized spacial score (nSPS) is 16.0. The summed E-state index contributed by atoms with van der Waals surface area (Å²) in [6.45, 7) is 3.14. The van der Waals surface area contributed by atoms with Crippen LogP contribution in [-0.4, -0.2) is 24.5 Å². The molecule has 1 unspecified atom stereocenters. The molecule has 2 aliphatic rings. The second-order valence-corrected chi connectivity index (χ2v) is 12.0. The van der Waals surface area contributed by atoms with Crippen molar-refractivity contribution in [2.24, 2.45) is 0 Å². The lowest BCUT2D eigenvalue weighted by Crippen LogP contribution is -2.33. The molecule has 2 nitrogen and oxygen atoms in total. The van der Waals surface area contributed by atoms with Gasteiger partial charge in [0.05, 0.1) is 6.07 Å². The van der Waals surface area contributed by atoms with Gasteiger partial charge in [-0.15, -0.1) is 12.4 Å². The van der Waals surface area contributed by atoms with Crippen LogP contribution >= 0.6 is 24.2 Å². The first-order valence-corrected chi connectivity index (χ1v) is 15.1. The van der Waals surface area contributed by atoms with E-state index in [-0.39, 0.29) is 12.4 Å². The molecule has 206 valence electrons. The van der Waals surface area contributed by atoms with Gasteiger partial charge in [-0.05, 0) is 77.8 Å². The van der Waals surface area contributed by atoms with Gasteiger partial charge in [-0.1, -0.05) is 127 Å². The van der Waals surface area contributed by atoms with E-state index in [2.05, 4.69) is 108 Å². The van der Waals surface area contributed by atoms with Crippen molar-refractivity contribution in [1.82, 2.24) is 4.90 Å². The molecule has 0 N–H and O–H groups in total. The van der Waals surface area contributed by atoms with Crippen LogP contribution in [0, 0.1) is 11.3 Å². The number of halogens is 1. The molecular formula is C37H35ClN2S. The SMILES string of the molecule is Cl.N#CC(CCCN1CCC(=C2c3ccccc3C=Cc3ccccc32)CC1)(Sc1ccccc1)c1ccccc1. The molecule has 4 aromatic rings. The quantitative estimate of drug-likeness (QED) is 0.181. The lowest BCUT2D eigenvalue weighted by molar-refractivity contribution is 0.250. The van der Waals surface area contributed by atoms with Crippen LogP contribution in [-0.2, 0) is 4.75 Å². The average molecular weight is 575 g/mol. The molecule has 0 bridgehead atoms. The van der Waals surface area contributed by atoms with Crippen LogP contribution in [0.3, 0.4) is 0 Å². The predicted octanol–water partition coefficient (Wildman–Crippen LogP) is 9.48. The smallest absolute Gasteiger partial charge is 0.132 e. The van der Waals surface area contributed by atoms with Crippen LogP contribution < -0.4 is 0 Å². The zero-order valence-corrected chi connectivity index (χ0v) is 24.8. The van der Waals surface area contributed by atoms with Crippen molar-refractivity contribution in [3.05, 3.63) is 143 Å². The van der Waals surface area contributed by atoms with E-state index in [1.54, 1.807) is 17.3 Å². The van der Waals surface area contributed by atoms with Gasteiger partial charge >= 0.3 is 0 Å². The summed E-state index contributed by atoms with van der Waals surface area (Å²) >= 11 is 1.69. The van der Waals surface area contributed by atoms with Crippen molar-refractivity contribution in [3.63, 3.8) is 0 Å². The Hall–Kier alpha value is -3.55. The summed E-state index contributed by atoms with van der Waals surface area (Å²) in [6, 6.07) is 41.0. The van der Waals surface area contributed by atoms with Crippen molar-refractivity contribution in [2.45, 2.75) is 35.3 Å². The predicted molar refractivity (Wildman–Crippen MR) is 176 cm³/mol. The van der Waals surface area contributed by atoms with Crippen molar-refractivity contribution in [2.75, 3.05) is 19.6 Å². The van der Waals surface area contributed by atoms with E-state index in [0.717, 1.165) is 55.8 Å². The number of fused-ring (bicyclic) bond motifs is 2. The van der Waals surface area contributed by atoms with Crippen LogP contribution in [0.5, 0.6) is 0 Å². The minimum absolute atomic E-state index is 0. The lowest BCUT2D eigenvalue weighted by Gasteiger charge is -2.32. The summed E-state index contributed by atoms with van der Waals surface area (Å²) in [7, 11) is 0. The minimum Gasteiger partial charge on any atom is -0.303 e. The number of likely N-dealkylation sites (tertiary alicyclic amines) is 1. The van der Waals surface area contributed by atoms with Gasteiger partial charge in [0.15, 0.2) is 0 Å². The molecular weight excluding hydrogens is 540 g/mol. The second-order valence-electron chi connectivity index (χ2n) is 10.7. The Labute approximate surface area is 254 Å². The maximum atomic E-state index is 10.5. The van der Waals surface area contributed by atoms with Gasteiger partial charge in [0.1, 0.15) is 4.75 Å². The molecule has 1 atom stereocenters. The molecule has 0 radical (unpaired) electrons. The Kier molecular flexibility index (Phi) is 9.47. The number of benzene rings is 4. The number of hydrogen-bond acceptors (Lipinski definition) is 3. The molecule has 0 aromatic heterocycles. The summed E-state index contributed by atoms with van der Waals surface area (Å²) in [6.07, 6.45) is 8.50. The molecule has 41 heavy (non-hydrogen) atoms. The van der Waals surface area contributed by atoms with E-state index < -0.39 is 4.75 Å². The molecule has 4 heteroatoms. The lowest BCUT2D eigenvalue weighted by atomic mass is 9.86. The van der Waals surface area contributed by atoms with Crippen molar-refractivity contribution in [1.29, 1.82) is 5.26 Å². The van der Waals surface area contributed by atoms with Gasteiger partial charge in [-0.2, -0.15) is 5.26 Å². The van der Waals surface area contributed by atoms with Gasteiger partial charge in [0, 0.05) is 18.0 Å².